The van der Waals surface area contributed by atoms with Crippen molar-refractivity contribution in [1.82, 2.24) is 0 Å². The first-order valence-corrected chi connectivity index (χ1v) is 6.11. The van der Waals surface area contributed by atoms with Gasteiger partial charge in [0.25, 0.3) is 0 Å². The van der Waals surface area contributed by atoms with Gasteiger partial charge in [-0.3, -0.25) is 0 Å². The Morgan fingerprint density at radius 3 is 1.81 bits per heavy atom. The Labute approximate surface area is 99.4 Å². The molecule has 1 heterocycles. The van der Waals surface area contributed by atoms with Crippen LogP contribution in [-0.4, -0.2) is 0 Å². The van der Waals surface area contributed by atoms with Crippen molar-refractivity contribution in [2.75, 3.05) is 0 Å². The molecule has 80 valence electrons. The molecule has 0 fully saturated rings. The van der Waals surface area contributed by atoms with Crippen molar-refractivity contribution in [3.05, 3.63) is 47.5 Å². The van der Waals surface area contributed by atoms with Crippen LogP contribution in [0.15, 0.2) is 46.2 Å². The molecule has 0 radical (unpaired) electrons. The minimum Gasteiger partial charge on any atom is -0.455 e. The second-order valence-corrected chi connectivity index (χ2v) is 5.19. The average Bonchev–Trinajstić information content (AvgIpc) is 2.26. The number of aryl methyl sites for hydroxylation is 2. The van der Waals surface area contributed by atoms with E-state index >= 15 is 0 Å². The summed E-state index contributed by atoms with van der Waals surface area (Å²) in [5.74, 6) is 1.93. The molecule has 0 atom stereocenters. The lowest BCUT2D eigenvalue weighted by Gasteiger charge is -2.20. The lowest BCUT2D eigenvalue weighted by molar-refractivity contribution is 0.454. The van der Waals surface area contributed by atoms with Gasteiger partial charge in [0.15, 0.2) is 0 Å². The Balaban J connectivity index is 2.10. The van der Waals surface area contributed by atoms with Crippen molar-refractivity contribution < 1.29 is 4.74 Å². The topological polar surface area (TPSA) is 9.23 Å². The number of rotatable bonds is 0. The molecule has 2 heteroatoms. The smallest absolute Gasteiger partial charge is 0.141 e. The largest absolute Gasteiger partial charge is 0.455 e. The Hall–Kier alpha value is -1.41. The molecule has 0 aliphatic carbocycles. The lowest BCUT2D eigenvalue weighted by atomic mass is 10.2. The summed E-state index contributed by atoms with van der Waals surface area (Å²) in [7, 11) is 0. The number of ether oxygens (including phenoxy) is 1. The molecule has 1 aliphatic heterocycles. The summed E-state index contributed by atoms with van der Waals surface area (Å²) in [6.45, 7) is 4.21. The molecule has 2 aromatic rings. The number of hydrogen-bond acceptors (Lipinski definition) is 2. The minimum absolute atomic E-state index is 0.965. The van der Waals surface area contributed by atoms with Crippen LogP contribution in [0, 0.1) is 13.8 Å². The fraction of sp³-hybridized carbons (Fsp3) is 0.143. The highest BCUT2D eigenvalue weighted by atomic mass is 32.2. The quantitative estimate of drug-likeness (QED) is 0.558. The van der Waals surface area contributed by atoms with E-state index in [0.29, 0.717) is 0 Å². The molecule has 1 nitrogen and oxygen atoms in total. The van der Waals surface area contributed by atoms with E-state index < -0.39 is 0 Å². The van der Waals surface area contributed by atoms with E-state index in [2.05, 4.69) is 38.1 Å². The Morgan fingerprint density at radius 2 is 1.31 bits per heavy atom. The van der Waals surface area contributed by atoms with Gasteiger partial charge in [-0.1, -0.05) is 23.9 Å². The fourth-order valence-corrected chi connectivity index (χ4v) is 2.94. The van der Waals surface area contributed by atoms with Crippen molar-refractivity contribution >= 4 is 11.8 Å². The zero-order chi connectivity index (χ0) is 11.1. The van der Waals surface area contributed by atoms with Crippen LogP contribution in [0.1, 0.15) is 11.1 Å². The van der Waals surface area contributed by atoms with Gasteiger partial charge in [0, 0.05) is 0 Å². The molecule has 2 aromatic carbocycles. The molecule has 0 amide bonds. The normalized spacial score (nSPS) is 12.6. The van der Waals surface area contributed by atoms with Crippen molar-refractivity contribution in [1.29, 1.82) is 0 Å². The van der Waals surface area contributed by atoms with Crippen LogP contribution in [-0.2, 0) is 0 Å². The monoisotopic (exact) mass is 228 g/mol. The number of benzene rings is 2. The molecule has 0 aromatic heterocycles. The van der Waals surface area contributed by atoms with Crippen molar-refractivity contribution in [3.8, 4) is 11.5 Å². The highest BCUT2D eigenvalue weighted by Crippen LogP contribution is 2.47. The Bertz CT molecular complexity index is 511. The predicted octanol–water partition coefficient (Wildman–Crippen LogP) is 4.56. The Morgan fingerprint density at radius 1 is 0.812 bits per heavy atom. The molecular formula is C14H12OS. The summed E-state index contributed by atoms with van der Waals surface area (Å²) in [6.07, 6.45) is 0. The number of hydrogen-bond donors (Lipinski definition) is 0. The third-order valence-electron chi connectivity index (χ3n) is 2.64. The van der Waals surface area contributed by atoms with Crippen molar-refractivity contribution in [2.45, 2.75) is 23.6 Å². The third-order valence-corrected chi connectivity index (χ3v) is 3.72. The first-order chi connectivity index (χ1) is 7.72. The standard InChI is InChI=1S/C14H12OS/c1-9-3-5-11-13(7-9)16-14-8-10(2)4-6-12(14)15-11/h3-8H,1-2H3. The molecule has 1 aliphatic rings. The molecule has 0 bridgehead atoms. The van der Waals surface area contributed by atoms with Crippen molar-refractivity contribution in [3.63, 3.8) is 0 Å². The average molecular weight is 228 g/mol. The van der Waals surface area contributed by atoms with Gasteiger partial charge in [-0.05, 0) is 49.2 Å². The van der Waals surface area contributed by atoms with E-state index in [1.165, 1.54) is 20.9 Å². The molecule has 0 saturated heterocycles. The second kappa shape index (κ2) is 3.56. The molecule has 0 unspecified atom stereocenters. The van der Waals surface area contributed by atoms with E-state index in [1.54, 1.807) is 11.8 Å². The maximum absolute atomic E-state index is 5.87. The number of fused-ring (bicyclic) bond motifs is 2. The molecule has 0 N–H and O–H groups in total. The summed E-state index contributed by atoms with van der Waals surface area (Å²) < 4.78 is 5.87. The molecule has 3 rings (SSSR count). The first kappa shape index (κ1) is 9.79. The van der Waals surface area contributed by atoms with E-state index in [-0.39, 0.29) is 0 Å². The van der Waals surface area contributed by atoms with Gasteiger partial charge >= 0.3 is 0 Å². The zero-order valence-corrected chi connectivity index (χ0v) is 10.1. The molecule has 16 heavy (non-hydrogen) atoms. The van der Waals surface area contributed by atoms with Crippen LogP contribution in [0.4, 0.5) is 0 Å². The summed E-state index contributed by atoms with van der Waals surface area (Å²) in [4.78, 5) is 2.41. The SMILES string of the molecule is Cc1ccc2c(c1)Sc1cc(C)ccc1O2. The fourth-order valence-electron chi connectivity index (χ4n) is 1.80. The van der Waals surface area contributed by atoms with Crippen LogP contribution in [0.5, 0.6) is 11.5 Å². The summed E-state index contributed by atoms with van der Waals surface area (Å²) in [5.41, 5.74) is 2.54. The van der Waals surface area contributed by atoms with E-state index in [4.69, 9.17) is 4.74 Å². The van der Waals surface area contributed by atoms with Gasteiger partial charge in [0.05, 0.1) is 9.79 Å². The van der Waals surface area contributed by atoms with E-state index in [0.717, 1.165) is 11.5 Å². The minimum atomic E-state index is 0.965. The highest BCUT2D eigenvalue weighted by molar-refractivity contribution is 7.99. The third kappa shape index (κ3) is 1.59. The summed E-state index contributed by atoms with van der Waals surface area (Å²) in [5, 5.41) is 0. The van der Waals surface area contributed by atoms with Crippen LogP contribution in [0.25, 0.3) is 0 Å². The highest BCUT2D eigenvalue weighted by Gasteiger charge is 2.17. The van der Waals surface area contributed by atoms with Gasteiger partial charge < -0.3 is 4.74 Å². The van der Waals surface area contributed by atoms with E-state index in [1.807, 2.05) is 12.1 Å². The van der Waals surface area contributed by atoms with Gasteiger partial charge in [-0.2, -0.15) is 0 Å². The first-order valence-electron chi connectivity index (χ1n) is 5.29. The summed E-state index contributed by atoms with van der Waals surface area (Å²) >= 11 is 1.79. The van der Waals surface area contributed by atoms with Gasteiger partial charge in [0.1, 0.15) is 11.5 Å². The zero-order valence-electron chi connectivity index (χ0n) is 9.28. The van der Waals surface area contributed by atoms with Gasteiger partial charge in [-0.15, -0.1) is 0 Å². The Kier molecular flexibility index (Phi) is 2.18. The maximum Gasteiger partial charge on any atom is 0.141 e. The lowest BCUT2D eigenvalue weighted by Crippen LogP contribution is -1.95. The van der Waals surface area contributed by atoms with Crippen molar-refractivity contribution in [2.24, 2.45) is 0 Å². The molecule has 0 spiro atoms. The van der Waals surface area contributed by atoms with Gasteiger partial charge in [0.2, 0.25) is 0 Å². The molecular weight excluding hydrogens is 216 g/mol. The second-order valence-electron chi connectivity index (χ2n) is 4.10. The van der Waals surface area contributed by atoms with E-state index in [9.17, 15) is 0 Å². The summed E-state index contributed by atoms with van der Waals surface area (Å²) in [6, 6.07) is 12.6. The van der Waals surface area contributed by atoms with Crippen LogP contribution in [0.2, 0.25) is 0 Å². The predicted molar refractivity (Wildman–Crippen MR) is 66.6 cm³/mol. The molecule has 0 saturated carbocycles. The van der Waals surface area contributed by atoms with Crippen LogP contribution >= 0.6 is 11.8 Å². The maximum atomic E-state index is 5.87. The van der Waals surface area contributed by atoms with Gasteiger partial charge in [-0.25, -0.2) is 0 Å². The van der Waals surface area contributed by atoms with Crippen LogP contribution in [0.3, 0.4) is 0 Å². The van der Waals surface area contributed by atoms with Crippen LogP contribution < -0.4 is 4.74 Å².